The van der Waals surface area contributed by atoms with Gasteiger partial charge in [0, 0.05) is 30.4 Å². The van der Waals surface area contributed by atoms with E-state index in [4.69, 9.17) is 0 Å². The van der Waals surface area contributed by atoms with Gasteiger partial charge in [0.25, 0.3) is 5.91 Å². The lowest BCUT2D eigenvalue weighted by atomic mass is 9.78. The number of rotatable bonds is 2. The summed E-state index contributed by atoms with van der Waals surface area (Å²) in [7, 11) is 0. The lowest BCUT2D eigenvalue weighted by Crippen LogP contribution is -2.45. The number of pyridine rings is 1. The summed E-state index contributed by atoms with van der Waals surface area (Å²) in [5.41, 5.74) is 1.96. The molecule has 1 amide bonds. The van der Waals surface area contributed by atoms with Gasteiger partial charge in [-0.05, 0) is 54.9 Å². The van der Waals surface area contributed by atoms with Gasteiger partial charge >= 0.3 is 0 Å². The Morgan fingerprint density at radius 2 is 1.79 bits per heavy atom. The Kier molecular flexibility index (Phi) is 4.05. The molecule has 1 aliphatic heterocycles. The summed E-state index contributed by atoms with van der Waals surface area (Å²) >= 11 is 0. The molecule has 1 aromatic carbocycles. The highest BCUT2D eigenvalue weighted by Crippen LogP contribution is 2.35. The van der Waals surface area contributed by atoms with E-state index in [9.17, 15) is 9.18 Å². The molecule has 0 N–H and O–H groups in total. The van der Waals surface area contributed by atoms with Crippen molar-refractivity contribution in [3.8, 4) is 11.1 Å². The van der Waals surface area contributed by atoms with Crippen molar-refractivity contribution in [1.82, 2.24) is 9.88 Å². The number of carbonyl (C=O) groups excluding carboxylic acids is 1. The van der Waals surface area contributed by atoms with Crippen molar-refractivity contribution in [2.45, 2.75) is 25.7 Å². The fourth-order valence-electron chi connectivity index (χ4n) is 4.18. The minimum Gasteiger partial charge on any atom is -0.338 e. The SMILES string of the molecule is O=C(c1ccc(-c2ccncc2F)cc1)N1C[C@@H]2CCC[C@@H](C2)C1. The zero-order valence-corrected chi connectivity index (χ0v) is 13.6. The molecule has 0 spiro atoms. The van der Waals surface area contributed by atoms with Crippen LogP contribution in [0.2, 0.25) is 0 Å². The van der Waals surface area contributed by atoms with Gasteiger partial charge in [0.05, 0.1) is 6.20 Å². The third kappa shape index (κ3) is 2.93. The van der Waals surface area contributed by atoms with Crippen molar-refractivity contribution in [3.63, 3.8) is 0 Å². The van der Waals surface area contributed by atoms with E-state index in [0.717, 1.165) is 18.7 Å². The molecule has 124 valence electrons. The lowest BCUT2D eigenvalue weighted by Gasteiger charge is -2.41. The standard InChI is InChI=1S/C20H21FN2O/c21-19-11-22-9-8-18(19)16-4-6-17(7-5-16)20(24)23-12-14-2-1-3-15(10-14)13-23/h4-9,11,14-15H,1-3,10,12-13H2/t14-,15+. The molecular formula is C20H21FN2O. The second-order valence-electron chi connectivity index (χ2n) is 7.04. The molecule has 4 heteroatoms. The molecule has 1 saturated carbocycles. The minimum absolute atomic E-state index is 0.105. The van der Waals surface area contributed by atoms with Crippen LogP contribution in [0.5, 0.6) is 0 Å². The van der Waals surface area contributed by atoms with Gasteiger partial charge in [0.1, 0.15) is 5.82 Å². The average Bonchev–Trinajstić information content (AvgIpc) is 2.61. The van der Waals surface area contributed by atoms with Crippen LogP contribution in [0.3, 0.4) is 0 Å². The van der Waals surface area contributed by atoms with E-state index >= 15 is 0 Å². The Bertz CT molecular complexity index is 732. The van der Waals surface area contributed by atoms with Crippen molar-refractivity contribution in [1.29, 1.82) is 0 Å². The normalized spacial score (nSPS) is 23.1. The van der Waals surface area contributed by atoms with Crippen molar-refractivity contribution in [2.24, 2.45) is 11.8 Å². The van der Waals surface area contributed by atoms with Gasteiger partial charge < -0.3 is 4.90 Å². The van der Waals surface area contributed by atoms with E-state index in [1.807, 2.05) is 29.2 Å². The van der Waals surface area contributed by atoms with Crippen molar-refractivity contribution >= 4 is 5.91 Å². The number of hydrogen-bond donors (Lipinski definition) is 0. The number of piperidine rings is 1. The van der Waals surface area contributed by atoms with Crippen LogP contribution in [0, 0.1) is 17.7 Å². The Hall–Kier alpha value is -2.23. The number of nitrogens with zero attached hydrogens (tertiary/aromatic N) is 2. The molecule has 1 aromatic heterocycles. The molecule has 2 aromatic rings. The Morgan fingerprint density at radius 3 is 2.46 bits per heavy atom. The molecule has 2 atom stereocenters. The van der Waals surface area contributed by atoms with Crippen LogP contribution in [-0.4, -0.2) is 28.9 Å². The monoisotopic (exact) mass is 324 g/mol. The van der Waals surface area contributed by atoms with Crippen LogP contribution in [0.4, 0.5) is 4.39 Å². The van der Waals surface area contributed by atoms with Crippen LogP contribution in [0.15, 0.2) is 42.7 Å². The third-order valence-corrected chi connectivity index (χ3v) is 5.35. The Balaban J connectivity index is 1.52. The molecule has 0 unspecified atom stereocenters. The molecule has 3 nitrogen and oxygen atoms in total. The van der Waals surface area contributed by atoms with E-state index in [-0.39, 0.29) is 11.7 Å². The third-order valence-electron chi connectivity index (χ3n) is 5.35. The summed E-state index contributed by atoms with van der Waals surface area (Å²) in [6, 6.07) is 8.90. The smallest absolute Gasteiger partial charge is 0.253 e. The molecule has 1 saturated heterocycles. The highest BCUT2D eigenvalue weighted by Gasteiger charge is 2.32. The number of carbonyl (C=O) groups is 1. The number of halogens is 1. The van der Waals surface area contributed by atoms with Gasteiger partial charge in [-0.25, -0.2) is 4.39 Å². The van der Waals surface area contributed by atoms with Gasteiger partial charge in [0.15, 0.2) is 0 Å². The zero-order chi connectivity index (χ0) is 16.5. The maximum Gasteiger partial charge on any atom is 0.253 e. The van der Waals surface area contributed by atoms with Crippen LogP contribution < -0.4 is 0 Å². The zero-order valence-electron chi connectivity index (χ0n) is 13.6. The van der Waals surface area contributed by atoms with Gasteiger partial charge in [-0.3, -0.25) is 9.78 Å². The van der Waals surface area contributed by atoms with Crippen LogP contribution >= 0.6 is 0 Å². The second kappa shape index (κ2) is 6.34. The van der Waals surface area contributed by atoms with Crippen LogP contribution in [-0.2, 0) is 0 Å². The number of fused-ring (bicyclic) bond motifs is 2. The molecule has 2 fully saturated rings. The summed E-state index contributed by atoms with van der Waals surface area (Å²) < 4.78 is 13.8. The molecule has 2 bridgehead atoms. The topological polar surface area (TPSA) is 33.2 Å². The molecule has 24 heavy (non-hydrogen) atoms. The van der Waals surface area contributed by atoms with Gasteiger partial charge in [-0.1, -0.05) is 18.6 Å². The first kappa shape index (κ1) is 15.3. The van der Waals surface area contributed by atoms with E-state index in [0.29, 0.717) is 23.0 Å². The number of likely N-dealkylation sites (tertiary alicyclic amines) is 1. The van der Waals surface area contributed by atoms with Crippen molar-refractivity contribution in [3.05, 3.63) is 54.1 Å². The molecule has 0 radical (unpaired) electrons. The summed E-state index contributed by atoms with van der Waals surface area (Å²) in [5.74, 6) is 1.10. The van der Waals surface area contributed by atoms with E-state index in [1.165, 1.54) is 31.9 Å². The number of benzene rings is 1. The molecule has 2 heterocycles. The number of hydrogen-bond acceptors (Lipinski definition) is 2. The second-order valence-corrected chi connectivity index (χ2v) is 7.04. The van der Waals surface area contributed by atoms with Crippen LogP contribution in [0.1, 0.15) is 36.0 Å². The number of aromatic nitrogens is 1. The highest BCUT2D eigenvalue weighted by atomic mass is 19.1. The van der Waals surface area contributed by atoms with E-state index in [1.54, 1.807) is 12.3 Å². The van der Waals surface area contributed by atoms with Crippen LogP contribution in [0.25, 0.3) is 11.1 Å². The predicted molar refractivity (Wildman–Crippen MR) is 91.0 cm³/mol. The molecular weight excluding hydrogens is 303 g/mol. The summed E-state index contributed by atoms with van der Waals surface area (Å²) in [6.07, 6.45) is 7.87. The Morgan fingerprint density at radius 1 is 1.08 bits per heavy atom. The maximum atomic E-state index is 13.8. The quantitative estimate of drug-likeness (QED) is 0.831. The predicted octanol–water partition coefficient (Wildman–Crippen LogP) is 4.15. The summed E-state index contributed by atoms with van der Waals surface area (Å²) in [4.78, 5) is 18.6. The fraction of sp³-hybridized carbons (Fsp3) is 0.400. The first-order chi connectivity index (χ1) is 11.7. The van der Waals surface area contributed by atoms with E-state index < -0.39 is 0 Å². The van der Waals surface area contributed by atoms with Crippen molar-refractivity contribution < 1.29 is 9.18 Å². The fourth-order valence-corrected chi connectivity index (χ4v) is 4.18. The van der Waals surface area contributed by atoms with Crippen molar-refractivity contribution in [2.75, 3.05) is 13.1 Å². The van der Waals surface area contributed by atoms with Gasteiger partial charge in [-0.15, -0.1) is 0 Å². The highest BCUT2D eigenvalue weighted by molar-refractivity contribution is 5.94. The summed E-state index contributed by atoms with van der Waals surface area (Å²) in [5, 5.41) is 0. The first-order valence-corrected chi connectivity index (χ1v) is 8.70. The Labute approximate surface area is 141 Å². The molecule has 1 aliphatic carbocycles. The largest absolute Gasteiger partial charge is 0.338 e. The lowest BCUT2D eigenvalue weighted by molar-refractivity contribution is 0.0504. The van der Waals surface area contributed by atoms with E-state index in [2.05, 4.69) is 4.98 Å². The summed E-state index contributed by atoms with van der Waals surface area (Å²) in [6.45, 7) is 1.77. The first-order valence-electron chi connectivity index (χ1n) is 8.70. The molecule has 4 rings (SSSR count). The maximum absolute atomic E-state index is 13.8. The van der Waals surface area contributed by atoms with Gasteiger partial charge in [-0.2, -0.15) is 0 Å². The molecule has 2 aliphatic rings. The number of amides is 1. The minimum atomic E-state index is -0.347. The van der Waals surface area contributed by atoms with Gasteiger partial charge in [0.2, 0.25) is 0 Å². The average molecular weight is 324 g/mol.